The molecule has 0 aliphatic heterocycles. The van der Waals surface area contributed by atoms with Crippen LogP contribution in [0.4, 0.5) is 5.82 Å². The summed E-state index contributed by atoms with van der Waals surface area (Å²) in [6.45, 7) is 0.915. The number of H-pyrrole nitrogens is 1. The maximum Gasteiger partial charge on any atom is 0.171 e. The number of aromatic nitrogens is 2. The number of carbonyl (C=O) groups is 1. The van der Waals surface area contributed by atoms with Crippen molar-refractivity contribution in [2.24, 2.45) is 5.92 Å². The smallest absolute Gasteiger partial charge is 0.171 e. The second-order valence-corrected chi connectivity index (χ2v) is 8.89. The highest BCUT2D eigenvalue weighted by molar-refractivity contribution is 7.80. The fraction of sp³-hybridized carbons (Fsp3) is 0.320. The fourth-order valence-electron chi connectivity index (χ4n) is 4.27. The highest BCUT2D eigenvalue weighted by Crippen LogP contribution is 2.35. The molecule has 1 fully saturated rings. The van der Waals surface area contributed by atoms with Crippen LogP contribution in [0.3, 0.4) is 0 Å². The summed E-state index contributed by atoms with van der Waals surface area (Å²) in [5, 5.41) is 7.07. The minimum absolute atomic E-state index is 0.243. The topological polar surface area (TPSA) is 69.8 Å². The van der Waals surface area contributed by atoms with Crippen LogP contribution in [0, 0.1) is 5.92 Å². The monoisotopic (exact) mass is 430 g/mol. The van der Waals surface area contributed by atoms with Gasteiger partial charge in [-0.25, -0.2) is 4.98 Å². The van der Waals surface area contributed by atoms with E-state index in [2.05, 4.69) is 32.7 Å². The molecule has 1 saturated carbocycles. The predicted molar refractivity (Wildman–Crippen MR) is 127 cm³/mol. The van der Waals surface area contributed by atoms with E-state index in [4.69, 9.17) is 12.2 Å². The first-order chi connectivity index (χ1) is 15.2. The Kier molecular flexibility index (Phi) is 5.55. The molecule has 0 spiro atoms. The summed E-state index contributed by atoms with van der Waals surface area (Å²) in [5.74, 6) is 1.70. The maximum absolute atomic E-state index is 12.8. The number of ketones is 1. The van der Waals surface area contributed by atoms with E-state index in [0.29, 0.717) is 17.4 Å². The molecule has 0 saturated heterocycles. The number of aromatic amines is 1. The largest absolute Gasteiger partial charge is 0.362 e. The molecule has 0 bridgehead atoms. The molecule has 2 aliphatic rings. The molecule has 0 unspecified atom stereocenters. The van der Waals surface area contributed by atoms with Crippen molar-refractivity contribution in [3.8, 4) is 11.3 Å². The highest BCUT2D eigenvalue weighted by atomic mass is 32.1. The molecule has 3 N–H and O–H groups in total. The average molecular weight is 431 g/mol. The zero-order chi connectivity index (χ0) is 21.2. The second-order valence-electron chi connectivity index (χ2n) is 8.48. The van der Waals surface area contributed by atoms with Crippen molar-refractivity contribution in [3.05, 3.63) is 71.0 Å². The van der Waals surface area contributed by atoms with Gasteiger partial charge >= 0.3 is 0 Å². The van der Waals surface area contributed by atoms with Crippen molar-refractivity contribution in [2.45, 2.75) is 38.5 Å². The number of hydrogen-bond donors (Lipinski definition) is 3. The summed E-state index contributed by atoms with van der Waals surface area (Å²) in [4.78, 5) is 20.8. The van der Waals surface area contributed by atoms with Gasteiger partial charge in [0.15, 0.2) is 10.9 Å². The van der Waals surface area contributed by atoms with Crippen LogP contribution in [0.25, 0.3) is 11.3 Å². The fourth-order valence-corrected chi connectivity index (χ4v) is 4.46. The Hall–Kier alpha value is -2.99. The molecule has 2 heterocycles. The van der Waals surface area contributed by atoms with Gasteiger partial charge in [-0.1, -0.05) is 30.3 Å². The summed E-state index contributed by atoms with van der Waals surface area (Å²) < 4.78 is 0. The van der Waals surface area contributed by atoms with Gasteiger partial charge in [0.05, 0.1) is 5.69 Å². The molecule has 5 rings (SSSR count). The number of anilines is 1. The van der Waals surface area contributed by atoms with E-state index in [0.717, 1.165) is 59.8 Å². The molecule has 0 atom stereocenters. The Morgan fingerprint density at radius 1 is 1.16 bits per heavy atom. The Morgan fingerprint density at radius 3 is 2.81 bits per heavy atom. The van der Waals surface area contributed by atoms with E-state index in [1.165, 1.54) is 18.4 Å². The number of benzene rings is 1. The van der Waals surface area contributed by atoms with Crippen LogP contribution >= 0.6 is 12.2 Å². The van der Waals surface area contributed by atoms with Crippen molar-refractivity contribution < 1.29 is 4.79 Å². The number of aryl methyl sites for hydroxylation is 1. The lowest BCUT2D eigenvalue weighted by Crippen LogP contribution is -2.30. The third-order valence-corrected chi connectivity index (χ3v) is 6.30. The van der Waals surface area contributed by atoms with Gasteiger partial charge in [-0.3, -0.25) is 4.79 Å². The summed E-state index contributed by atoms with van der Waals surface area (Å²) in [6.07, 6.45) is 7.51. The first-order valence-electron chi connectivity index (χ1n) is 11.0. The van der Waals surface area contributed by atoms with E-state index >= 15 is 0 Å². The van der Waals surface area contributed by atoms with Gasteiger partial charge in [0.2, 0.25) is 0 Å². The molecule has 3 aromatic rings. The van der Waals surface area contributed by atoms with Crippen LogP contribution in [0.5, 0.6) is 0 Å². The van der Waals surface area contributed by atoms with Crippen LogP contribution in [-0.4, -0.2) is 27.4 Å². The van der Waals surface area contributed by atoms with Gasteiger partial charge in [0.1, 0.15) is 5.82 Å². The number of Topliss-reactive ketones (excluding diaryl/α,β-unsaturated/α-hetero) is 1. The zero-order valence-electron chi connectivity index (χ0n) is 17.4. The summed E-state index contributed by atoms with van der Waals surface area (Å²) in [6, 6.07) is 14.3. The quantitative estimate of drug-likeness (QED) is 0.486. The molecule has 2 aliphatic carbocycles. The van der Waals surface area contributed by atoms with E-state index in [1.807, 2.05) is 30.3 Å². The minimum Gasteiger partial charge on any atom is -0.362 e. The number of thiocarbonyl (C=S) groups is 1. The molecule has 158 valence electrons. The molecular formula is C25H26N4OS. The van der Waals surface area contributed by atoms with Gasteiger partial charge in [-0.2, -0.15) is 0 Å². The third kappa shape index (κ3) is 4.54. The molecule has 0 radical (unpaired) electrons. The highest BCUT2D eigenvalue weighted by Gasteiger charge is 2.27. The van der Waals surface area contributed by atoms with Gasteiger partial charge < -0.3 is 15.6 Å². The third-order valence-electron chi connectivity index (χ3n) is 6.05. The van der Waals surface area contributed by atoms with Crippen LogP contribution in [0.2, 0.25) is 0 Å². The van der Waals surface area contributed by atoms with Crippen LogP contribution in [0.15, 0.2) is 48.7 Å². The number of fused-ring (bicyclic) bond motifs is 1. The molecule has 31 heavy (non-hydrogen) atoms. The van der Waals surface area contributed by atoms with Crippen molar-refractivity contribution in [1.82, 2.24) is 15.3 Å². The molecular weight excluding hydrogens is 404 g/mol. The van der Waals surface area contributed by atoms with Gasteiger partial charge in [0.25, 0.3) is 0 Å². The minimum atomic E-state index is 0.243. The Balaban J connectivity index is 1.46. The number of hydrogen-bond acceptors (Lipinski definition) is 3. The lowest BCUT2D eigenvalue weighted by atomic mass is 9.90. The summed E-state index contributed by atoms with van der Waals surface area (Å²) in [7, 11) is 0. The number of nitrogens with zero attached hydrogens (tertiary/aromatic N) is 1. The normalized spacial score (nSPS) is 15.4. The predicted octanol–water partition coefficient (Wildman–Crippen LogP) is 4.88. The molecule has 5 nitrogen and oxygen atoms in total. The van der Waals surface area contributed by atoms with Gasteiger partial charge in [-0.05, 0) is 67.1 Å². The Morgan fingerprint density at radius 2 is 2.00 bits per heavy atom. The summed E-state index contributed by atoms with van der Waals surface area (Å²) >= 11 is 5.43. The van der Waals surface area contributed by atoms with Crippen molar-refractivity contribution in [2.75, 3.05) is 11.9 Å². The Labute approximate surface area is 187 Å². The molecule has 1 aromatic carbocycles. The number of pyridine rings is 1. The standard InChI is InChI=1S/C25H26N4OS/c30-21-8-4-7-20-23(21)19(13-16-5-2-1-3-6-16)24(28-20)18-11-12-26-22(14-18)29-25(31)27-15-17-9-10-17/h1-3,5-6,11-12,14,17,28H,4,7-10,13,15H2,(H2,26,27,29,31). The first kappa shape index (κ1) is 19.9. The van der Waals surface area contributed by atoms with E-state index in [1.54, 1.807) is 6.20 Å². The van der Waals surface area contributed by atoms with Gasteiger partial charge in [-0.15, -0.1) is 0 Å². The zero-order valence-corrected chi connectivity index (χ0v) is 18.2. The van der Waals surface area contributed by atoms with E-state index < -0.39 is 0 Å². The number of nitrogens with one attached hydrogen (secondary N) is 3. The molecule has 0 amide bonds. The van der Waals surface area contributed by atoms with E-state index in [-0.39, 0.29) is 5.78 Å². The van der Waals surface area contributed by atoms with Crippen LogP contribution in [0.1, 0.15) is 52.9 Å². The molecule has 2 aromatic heterocycles. The second kappa shape index (κ2) is 8.63. The van der Waals surface area contributed by atoms with E-state index in [9.17, 15) is 4.79 Å². The van der Waals surface area contributed by atoms with Gasteiger partial charge in [0, 0.05) is 42.4 Å². The average Bonchev–Trinajstić information content (AvgIpc) is 3.54. The lowest BCUT2D eigenvalue weighted by Gasteiger charge is -2.13. The first-order valence-corrected chi connectivity index (χ1v) is 11.4. The van der Waals surface area contributed by atoms with Crippen molar-refractivity contribution in [1.29, 1.82) is 0 Å². The Bertz CT molecular complexity index is 1120. The number of rotatable bonds is 6. The van der Waals surface area contributed by atoms with Crippen molar-refractivity contribution in [3.63, 3.8) is 0 Å². The summed E-state index contributed by atoms with van der Waals surface area (Å²) in [5.41, 5.74) is 6.24. The van der Waals surface area contributed by atoms with Crippen LogP contribution in [-0.2, 0) is 12.8 Å². The van der Waals surface area contributed by atoms with Crippen molar-refractivity contribution >= 4 is 28.9 Å². The maximum atomic E-state index is 12.8. The van der Waals surface area contributed by atoms with Crippen LogP contribution < -0.4 is 10.6 Å². The lowest BCUT2D eigenvalue weighted by molar-refractivity contribution is 0.0971. The SMILES string of the molecule is O=C1CCCc2[nH]c(-c3ccnc(NC(=S)NCC4CC4)c3)c(Cc3ccccc3)c21. The number of carbonyl (C=O) groups excluding carboxylic acids is 1. The molecule has 6 heteroatoms.